The summed E-state index contributed by atoms with van der Waals surface area (Å²) >= 11 is 6.36. The van der Waals surface area contributed by atoms with Gasteiger partial charge in [0.1, 0.15) is 11.0 Å². The van der Waals surface area contributed by atoms with Crippen molar-refractivity contribution in [1.82, 2.24) is 14.7 Å². The van der Waals surface area contributed by atoms with Crippen LogP contribution in [0.1, 0.15) is 32.0 Å². The molecule has 7 nitrogen and oxygen atoms in total. The smallest absolute Gasteiger partial charge is 0.332 e. The second kappa shape index (κ2) is 8.16. The maximum Gasteiger partial charge on any atom is 0.332 e. The minimum Gasteiger partial charge on any atom is -0.441 e. The molecular formula is C22H15ClFN3O4. The Morgan fingerprint density at radius 2 is 1.71 bits per heavy atom. The van der Waals surface area contributed by atoms with Crippen LogP contribution < -0.4 is 0 Å². The summed E-state index contributed by atoms with van der Waals surface area (Å²) in [4.78, 5) is 37.6. The number of halogens is 2. The zero-order valence-electron chi connectivity index (χ0n) is 16.2. The van der Waals surface area contributed by atoms with Crippen LogP contribution in [-0.4, -0.2) is 39.2 Å². The Balaban J connectivity index is 1.44. The Kier molecular flexibility index (Phi) is 5.39. The van der Waals surface area contributed by atoms with Crippen molar-refractivity contribution in [2.75, 3.05) is 6.73 Å². The molecule has 156 valence electrons. The van der Waals surface area contributed by atoms with Gasteiger partial charge in [-0.3, -0.25) is 9.59 Å². The first-order valence-electron chi connectivity index (χ1n) is 9.18. The molecular weight excluding hydrogens is 425 g/mol. The Bertz CT molecular complexity index is 1200. The van der Waals surface area contributed by atoms with E-state index in [9.17, 15) is 18.8 Å². The molecule has 0 radical (unpaired) electrons. The van der Waals surface area contributed by atoms with E-state index in [-0.39, 0.29) is 22.1 Å². The summed E-state index contributed by atoms with van der Waals surface area (Å²) < 4.78 is 19.6. The Hall–Kier alpha value is -3.78. The molecule has 2 aromatic carbocycles. The van der Waals surface area contributed by atoms with Gasteiger partial charge in [0.2, 0.25) is 0 Å². The molecule has 0 bridgehead atoms. The summed E-state index contributed by atoms with van der Waals surface area (Å²) in [6.45, 7) is 1.20. The van der Waals surface area contributed by atoms with Crippen LogP contribution in [0.5, 0.6) is 0 Å². The second-order valence-electron chi connectivity index (χ2n) is 6.69. The predicted octanol–water partition coefficient (Wildman–Crippen LogP) is 3.78. The fourth-order valence-electron chi connectivity index (χ4n) is 3.14. The average Bonchev–Trinajstić information content (AvgIpc) is 3.18. The van der Waals surface area contributed by atoms with E-state index in [1.54, 1.807) is 31.2 Å². The fraction of sp³-hybridized carbons (Fsp3) is 0.0909. The molecule has 4 rings (SSSR count). The van der Waals surface area contributed by atoms with Crippen LogP contribution in [0.25, 0.3) is 11.8 Å². The van der Waals surface area contributed by atoms with Gasteiger partial charge >= 0.3 is 5.97 Å². The molecule has 2 heterocycles. The van der Waals surface area contributed by atoms with Crippen LogP contribution >= 0.6 is 11.6 Å². The number of nitrogens with zero attached hydrogens (tertiary/aromatic N) is 3. The number of hydrogen-bond donors (Lipinski definition) is 0. The molecule has 0 saturated heterocycles. The van der Waals surface area contributed by atoms with Gasteiger partial charge in [-0.1, -0.05) is 23.7 Å². The van der Waals surface area contributed by atoms with Crippen LogP contribution in [-0.2, 0) is 9.53 Å². The SMILES string of the molecule is Cc1nn(-c2ccc(F)cc2)c(Cl)c1/C=C/C(=O)OCN1C(=O)c2ccccc2C1=O. The lowest BCUT2D eigenvalue weighted by atomic mass is 10.1. The van der Waals surface area contributed by atoms with Crippen molar-refractivity contribution >= 4 is 35.5 Å². The highest BCUT2D eigenvalue weighted by atomic mass is 35.5. The number of aromatic nitrogens is 2. The van der Waals surface area contributed by atoms with E-state index < -0.39 is 24.5 Å². The van der Waals surface area contributed by atoms with Crippen molar-refractivity contribution in [2.24, 2.45) is 0 Å². The first-order valence-corrected chi connectivity index (χ1v) is 9.55. The summed E-state index contributed by atoms with van der Waals surface area (Å²) in [7, 11) is 0. The third kappa shape index (κ3) is 3.85. The van der Waals surface area contributed by atoms with Crippen molar-refractivity contribution < 1.29 is 23.5 Å². The molecule has 1 aromatic heterocycles. The first kappa shape index (κ1) is 20.5. The molecule has 1 aliphatic rings. The van der Waals surface area contributed by atoms with Crippen LogP contribution in [0.3, 0.4) is 0 Å². The van der Waals surface area contributed by atoms with Gasteiger partial charge in [0.25, 0.3) is 11.8 Å². The van der Waals surface area contributed by atoms with Crippen molar-refractivity contribution in [3.8, 4) is 5.69 Å². The number of carbonyl (C=O) groups is 3. The van der Waals surface area contributed by atoms with E-state index in [0.29, 0.717) is 16.9 Å². The molecule has 0 saturated carbocycles. The summed E-state index contributed by atoms with van der Waals surface area (Å²) in [5.41, 5.74) is 2.12. The zero-order valence-corrected chi connectivity index (χ0v) is 17.0. The quantitative estimate of drug-likeness (QED) is 0.343. The standard InChI is InChI=1S/C22H15ClFN3O4/c1-13-16(20(23)27(25-13)15-8-6-14(24)7-9-15)10-11-19(28)31-12-26-21(29)17-4-2-3-5-18(17)22(26)30/h2-11H,12H2,1H3/b11-10+. The van der Waals surface area contributed by atoms with Crippen molar-refractivity contribution in [2.45, 2.75) is 6.92 Å². The van der Waals surface area contributed by atoms with Crippen LogP contribution in [0.2, 0.25) is 5.15 Å². The van der Waals surface area contributed by atoms with Crippen molar-refractivity contribution in [1.29, 1.82) is 0 Å². The minimum absolute atomic E-state index is 0.230. The molecule has 1 aliphatic heterocycles. The van der Waals surface area contributed by atoms with Crippen LogP contribution in [0.4, 0.5) is 4.39 Å². The normalized spacial score (nSPS) is 13.2. The predicted molar refractivity (Wildman–Crippen MR) is 110 cm³/mol. The first-order chi connectivity index (χ1) is 14.9. The molecule has 0 unspecified atom stereocenters. The van der Waals surface area contributed by atoms with Gasteiger partial charge < -0.3 is 4.74 Å². The Labute approximate surface area is 181 Å². The maximum absolute atomic E-state index is 13.1. The molecule has 0 fully saturated rings. The van der Waals surface area contributed by atoms with Crippen LogP contribution in [0, 0.1) is 12.7 Å². The van der Waals surface area contributed by atoms with Gasteiger partial charge in [0.05, 0.1) is 22.5 Å². The van der Waals surface area contributed by atoms with Gasteiger partial charge in [-0.2, -0.15) is 5.10 Å². The highest BCUT2D eigenvalue weighted by molar-refractivity contribution is 6.31. The summed E-state index contributed by atoms with van der Waals surface area (Å²) in [6.07, 6.45) is 2.55. The van der Waals surface area contributed by atoms with Gasteiger partial charge in [-0.25, -0.2) is 18.8 Å². The van der Waals surface area contributed by atoms with E-state index in [2.05, 4.69) is 5.10 Å². The van der Waals surface area contributed by atoms with Crippen molar-refractivity contribution in [3.05, 3.63) is 88.0 Å². The molecule has 31 heavy (non-hydrogen) atoms. The van der Waals surface area contributed by atoms with Gasteiger partial charge in [-0.15, -0.1) is 0 Å². The molecule has 3 aromatic rings. The lowest BCUT2D eigenvalue weighted by molar-refractivity contribution is -0.140. The number of rotatable bonds is 5. The maximum atomic E-state index is 13.1. The molecule has 0 aliphatic carbocycles. The summed E-state index contributed by atoms with van der Waals surface area (Å²) in [6, 6.07) is 12.0. The van der Waals surface area contributed by atoms with Gasteiger partial charge in [0, 0.05) is 11.6 Å². The van der Waals surface area contributed by atoms with E-state index in [4.69, 9.17) is 16.3 Å². The average molecular weight is 440 g/mol. The molecule has 0 N–H and O–H groups in total. The molecule has 0 spiro atoms. The third-order valence-corrected chi connectivity index (χ3v) is 5.08. The topological polar surface area (TPSA) is 81.5 Å². The minimum atomic E-state index is -0.762. The number of amides is 2. The van der Waals surface area contributed by atoms with Crippen LogP contribution in [0.15, 0.2) is 54.6 Å². The fourth-order valence-corrected chi connectivity index (χ4v) is 3.47. The Morgan fingerprint density at radius 1 is 1.10 bits per heavy atom. The Morgan fingerprint density at radius 3 is 2.32 bits per heavy atom. The third-order valence-electron chi connectivity index (χ3n) is 4.72. The van der Waals surface area contributed by atoms with Gasteiger partial charge in [-0.05, 0) is 49.4 Å². The van der Waals surface area contributed by atoms with E-state index >= 15 is 0 Å². The lowest BCUT2D eigenvalue weighted by Gasteiger charge is -2.12. The highest BCUT2D eigenvalue weighted by Gasteiger charge is 2.35. The number of esters is 1. The molecule has 2 amide bonds. The zero-order chi connectivity index (χ0) is 22.1. The number of imide groups is 1. The molecule has 0 atom stereocenters. The summed E-state index contributed by atoms with van der Waals surface area (Å²) in [5, 5.41) is 4.53. The summed E-state index contributed by atoms with van der Waals surface area (Å²) in [5.74, 6) is -2.18. The van der Waals surface area contributed by atoms with E-state index in [1.165, 1.54) is 35.0 Å². The van der Waals surface area contributed by atoms with Crippen molar-refractivity contribution in [3.63, 3.8) is 0 Å². The number of hydrogen-bond acceptors (Lipinski definition) is 5. The van der Waals surface area contributed by atoms with Gasteiger partial charge in [0.15, 0.2) is 6.73 Å². The number of ether oxygens (including phenoxy) is 1. The number of benzene rings is 2. The van der Waals surface area contributed by atoms with E-state index in [1.807, 2.05) is 0 Å². The lowest BCUT2D eigenvalue weighted by Crippen LogP contribution is -2.32. The number of aryl methyl sites for hydroxylation is 1. The monoisotopic (exact) mass is 439 g/mol. The highest BCUT2D eigenvalue weighted by Crippen LogP contribution is 2.25. The largest absolute Gasteiger partial charge is 0.441 e. The van der Waals surface area contributed by atoms with E-state index in [0.717, 1.165) is 11.0 Å². The second-order valence-corrected chi connectivity index (χ2v) is 7.05. The molecule has 9 heteroatoms. The number of carbonyl (C=O) groups excluding carboxylic acids is 3. The number of fused-ring (bicyclic) bond motifs is 1.